The molecule has 0 aromatic carbocycles. The van der Waals surface area contributed by atoms with Crippen molar-refractivity contribution in [3.63, 3.8) is 0 Å². The van der Waals surface area contributed by atoms with E-state index in [1.807, 2.05) is 13.8 Å². The van der Waals surface area contributed by atoms with Gasteiger partial charge >= 0.3 is 0 Å². The van der Waals surface area contributed by atoms with E-state index in [0.29, 0.717) is 30.8 Å². The molecular weight excluding hydrogens is 589 g/mol. The van der Waals surface area contributed by atoms with Crippen molar-refractivity contribution in [3.05, 3.63) is 30.1 Å². The molecule has 2 aromatic rings. The number of carbonyl (C=O) groups excluding carboxylic acids is 2. The van der Waals surface area contributed by atoms with E-state index in [1.165, 1.54) is 4.68 Å². The highest BCUT2D eigenvalue weighted by molar-refractivity contribution is 5.91. The number of amides is 1. The standard InChI is InChI=1S/C13H19F3N6.C8H12F2O.C7H11N3O/c1-18-9-6-22(21-11(9)14)10(7-2-3-7)12(20-17)19-8-4-13(15,16)5-8;9-8(10)4-1-7(2-5-8)3-6-11;1-5(2)10-6(7(8)11)3-4-9-10/h6-8,10,18H,2-5,17H2,1H3,(H,19,20);6-7H,1-5H2;3-5H,1-2H3,(H2,8,11). The monoisotopic (exact) mass is 631 g/mol. The van der Waals surface area contributed by atoms with Crippen LogP contribution in [0.1, 0.15) is 94.2 Å². The smallest absolute Gasteiger partial charge is 0.266 e. The average molecular weight is 632 g/mol. The molecule has 3 fully saturated rings. The second kappa shape index (κ2) is 14.9. The topological polar surface area (TPSA) is 158 Å². The van der Waals surface area contributed by atoms with Crippen molar-refractivity contribution < 1.29 is 31.5 Å². The quantitative estimate of drug-likeness (QED) is 0.0784. The number of nitrogens with zero attached hydrogens (tertiary/aromatic N) is 5. The molecule has 3 saturated carbocycles. The van der Waals surface area contributed by atoms with Crippen LogP contribution in [0.25, 0.3) is 0 Å². The molecule has 1 amide bonds. The van der Waals surface area contributed by atoms with E-state index >= 15 is 0 Å². The molecule has 11 nitrogen and oxygen atoms in total. The minimum atomic E-state index is -2.64. The number of nitrogens with two attached hydrogens (primary N) is 2. The summed E-state index contributed by atoms with van der Waals surface area (Å²) in [5, 5.41) is 10.5. The lowest BCUT2D eigenvalue weighted by Crippen LogP contribution is -2.44. The lowest BCUT2D eigenvalue weighted by molar-refractivity contribution is -0.110. The Morgan fingerprint density at radius 1 is 1.16 bits per heavy atom. The van der Waals surface area contributed by atoms with Crippen molar-refractivity contribution in [3.8, 4) is 0 Å². The Kier molecular flexibility index (Phi) is 11.9. The van der Waals surface area contributed by atoms with Crippen LogP contribution in [0.5, 0.6) is 0 Å². The Labute approximate surface area is 253 Å². The first-order valence-electron chi connectivity index (χ1n) is 14.7. The Hall–Kier alpha value is -3.56. The third-order valence-corrected chi connectivity index (χ3v) is 7.81. The van der Waals surface area contributed by atoms with Crippen molar-refractivity contribution in [2.24, 2.45) is 28.4 Å². The van der Waals surface area contributed by atoms with Gasteiger partial charge in [0.05, 0.1) is 12.2 Å². The Morgan fingerprint density at radius 3 is 2.23 bits per heavy atom. The van der Waals surface area contributed by atoms with Crippen molar-refractivity contribution in [1.29, 1.82) is 0 Å². The van der Waals surface area contributed by atoms with Crippen molar-refractivity contribution in [1.82, 2.24) is 25.0 Å². The zero-order valence-electron chi connectivity index (χ0n) is 25.2. The lowest BCUT2D eigenvalue weighted by atomic mass is 9.85. The lowest BCUT2D eigenvalue weighted by Gasteiger charge is -2.33. The average Bonchev–Trinajstić information content (AvgIpc) is 3.50. The first kappa shape index (κ1) is 34.9. The number of hydrazine groups is 1. The van der Waals surface area contributed by atoms with Crippen molar-refractivity contribution in [2.75, 3.05) is 12.4 Å². The van der Waals surface area contributed by atoms with E-state index in [0.717, 1.165) is 19.1 Å². The molecule has 16 heteroatoms. The van der Waals surface area contributed by atoms with Gasteiger partial charge < -0.3 is 21.3 Å². The molecule has 0 spiro atoms. The second-order valence-corrected chi connectivity index (χ2v) is 11.7. The third-order valence-electron chi connectivity index (χ3n) is 7.81. The molecule has 0 radical (unpaired) electrons. The zero-order chi connectivity index (χ0) is 32.7. The summed E-state index contributed by atoms with van der Waals surface area (Å²) in [5.74, 6) is 0.220. The Bertz CT molecular complexity index is 1260. The van der Waals surface area contributed by atoms with Crippen LogP contribution >= 0.6 is 0 Å². The first-order chi connectivity index (χ1) is 20.7. The maximum Gasteiger partial charge on any atom is 0.266 e. The first-order valence-corrected chi connectivity index (χ1v) is 14.7. The normalized spacial score (nSPS) is 20.4. The van der Waals surface area contributed by atoms with E-state index in [4.69, 9.17) is 11.6 Å². The van der Waals surface area contributed by atoms with Crippen molar-refractivity contribution in [2.45, 2.75) is 102 Å². The molecule has 5 rings (SSSR count). The molecule has 1 unspecified atom stereocenters. The summed E-state index contributed by atoms with van der Waals surface area (Å²) in [7, 11) is 1.60. The minimum absolute atomic E-state index is 0.0362. The summed E-state index contributed by atoms with van der Waals surface area (Å²) in [4.78, 5) is 25.1. The van der Waals surface area contributed by atoms with Crippen LogP contribution in [0.3, 0.4) is 0 Å². The minimum Gasteiger partial charge on any atom is -0.383 e. The zero-order valence-corrected chi connectivity index (χ0v) is 25.2. The molecule has 2 aromatic heterocycles. The van der Waals surface area contributed by atoms with Gasteiger partial charge in [0.15, 0.2) is 0 Å². The van der Waals surface area contributed by atoms with Crippen LogP contribution in [0.15, 0.2) is 23.5 Å². The van der Waals surface area contributed by atoms with Gasteiger partial charge in [-0.15, -0.1) is 5.10 Å². The van der Waals surface area contributed by atoms with Crippen LogP contribution in [-0.4, -0.2) is 62.5 Å². The molecular formula is C28H42F5N9O2. The number of hydrogen-bond acceptors (Lipinski definition) is 7. The van der Waals surface area contributed by atoms with E-state index in [2.05, 4.69) is 25.9 Å². The van der Waals surface area contributed by atoms with Gasteiger partial charge in [-0.3, -0.25) is 19.2 Å². The number of carbonyl (C=O) groups is 2. The summed E-state index contributed by atoms with van der Waals surface area (Å²) in [6, 6.07) is 0.984. The van der Waals surface area contributed by atoms with Gasteiger partial charge in [0.25, 0.3) is 17.8 Å². The van der Waals surface area contributed by atoms with Gasteiger partial charge in [0.2, 0.25) is 5.92 Å². The molecule has 0 bridgehead atoms. The molecule has 6 N–H and O–H groups in total. The fraction of sp³-hybridized carbons (Fsp3) is 0.679. The third kappa shape index (κ3) is 9.72. The number of anilines is 1. The van der Waals surface area contributed by atoms with E-state index in [1.54, 1.807) is 30.2 Å². The second-order valence-electron chi connectivity index (χ2n) is 11.7. The SMILES string of the molecule is CC(C)n1nccc1C(N)=O.CNc1cn(C(C(=NC2CC(F)(F)C2)NN)C2CC2)nc1F.O=CCC1CCC(F)(F)CC1. The number of rotatable bonds is 9. The number of primary amides is 1. The highest BCUT2D eigenvalue weighted by Crippen LogP contribution is 2.43. The van der Waals surface area contributed by atoms with E-state index in [9.17, 15) is 31.5 Å². The molecule has 0 aliphatic heterocycles. The number of amidine groups is 1. The van der Waals surface area contributed by atoms with Crippen LogP contribution in [-0.2, 0) is 4.79 Å². The number of aliphatic imine (C=N–C) groups is 1. The summed E-state index contributed by atoms with van der Waals surface area (Å²) in [6.45, 7) is 3.89. The fourth-order valence-corrected chi connectivity index (χ4v) is 5.17. The molecule has 2 heterocycles. The predicted molar refractivity (Wildman–Crippen MR) is 155 cm³/mol. The number of aromatic nitrogens is 4. The Balaban J connectivity index is 0.000000202. The van der Waals surface area contributed by atoms with Crippen LogP contribution in [0.4, 0.5) is 27.6 Å². The van der Waals surface area contributed by atoms with Gasteiger partial charge in [-0.05, 0) is 57.4 Å². The molecule has 0 saturated heterocycles. The number of nitrogens with one attached hydrogen (secondary N) is 2. The molecule has 44 heavy (non-hydrogen) atoms. The van der Waals surface area contributed by atoms with Gasteiger partial charge in [0, 0.05) is 51.4 Å². The predicted octanol–water partition coefficient (Wildman–Crippen LogP) is 4.64. The highest BCUT2D eigenvalue weighted by Gasteiger charge is 2.46. The molecule has 3 aliphatic carbocycles. The van der Waals surface area contributed by atoms with Gasteiger partial charge in [-0.25, -0.2) is 23.4 Å². The highest BCUT2D eigenvalue weighted by atomic mass is 19.3. The Morgan fingerprint density at radius 2 is 1.80 bits per heavy atom. The molecule has 1 atom stereocenters. The summed E-state index contributed by atoms with van der Waals surface area (Å²) >= 11 is 0. The largest absolute Gasteiger partial charge is 0.383 e. The van der Waals surface area contributed by atoms with Crippen LogP contribution < -0.4 is 22.3 Å². The van der Waals surface area contributed by atoms with Crippen LogP contribution in [0.2, 0.25) is 0 Å². The fourth-order valence-electron chi connectivity index (χ4n) is 5.17. The molecule has 3 aliphatic rings. The number of alkyl halides is 4. The van der Waals surface area contributed by atoms with Gasteiger partial charge in [0.1, 0.15) is 29.5 Å². The van der Waals surface area contributed by atoms with E-state index in [-0.39, 0.29) is 55.3 Å². The van der Waals surface area contributed by atoms with Crippen LogP contribution in [0, 0.1) is 17.8 Å². The van der Waals surface area contributed by atoms with E-state index < -0.39 is 29.7 Å². The van der Waals surface area contributed by atoms with Gasteiger partial charge in [-0.2, -0.15) is 9.49 Å². The number of hydrogen-bond donors (Lipinski definition) is 4. The maximum atomic E-state index is 13.7. The summed E-state index contributed by atoms with van der Waals surface area (Å²) in [6.07, 6.45) is 6.68. The number of halogens is 5. The van der Waals surface area contributed by atoms with Crippen molar-refractivity contribution >= 4 is 23.7 Å². The maximum absolute atomic E-state index is 13.7. The summed E-state index contributed by atoms with van der Waals surface area (Å²) in [5.41, 5.74) is 8.33. The molecule has 246 valence electrons. The van der Waals surface area contributed by atoms with Gasteiger partial charge in [-0.1, -0.05) is 0 Å². The number of aldehydes is 1. The summed E-state index contributed by atoms with van der Waals surface area (Å²) < 4.78 is 67.7.